The van der Waals surface area contributed by atoms with E-state index in [0.717, 1.165) is 16.3 Å². The summed E-state index contributed by atoms with van der Waals surface area (Å²) in [5, 5.41) is 3.52. The number of likely N-dealkylation sites (N-methyl/N-ethyl adjacent to an activating group) is 1. The van der Waals surface area contributed by atoms with E-state index in [2.05, 4.69) is 5.32 Å². The summed E-state index contributed by atoms with van der Waals surface area (Å²) in [7, 11) is 3.86. The van der Waals surface area contributed by atoms with Crippen LogP contribution < -0.4 is 10.2 Å². The molecule has 3 amide bonds. The monoisotopic (exact) mass is 364 g/mol. The van der Waals surface area contributed by atoms with Crippen molar-refractivity contribution < 1.29 is 14.4 Å². The molecule has 1 aromatic heterocycles. The zero-order valence-electron chi connectivity index (χ0n) is 14.6. The number of nitrogens with zero attached hydrogens (tertiary/aromatic N) is 3. The van der Waals surface area contributed by atoms with Crippen molar-refractivity contribution >= 4 is 34.6 Å². The maximum Gasteiger partial charge on any atom is 0.247 e. The van der Waals surface area contributed by atoms with Gasteiger partial charge in [0, 0.05) is 37.1 Å². The Morgan fingerprint density at radius 3 is 2.84 bits per heavy atom. The van der Waals surface area contributed by atoms with E-state index in [1.807, 2.05) is 31.1 Å². The number of carbonyl (C=O) groups excluding carboxylic acids is 3. The van der Waals surface area contributed by atoms with Crippen molar-refractivity contribution in [3.8, 4) is 0 Å². The molecule has 1 aliphatic rings. The van der Waals surface area contributed by atoms with E-state index >= 15 is 0 Å². The second-order valence-electron chi connectivity index (χ2n) is 6.03. The largest absolute Gasteiger partial charge is 0.358 e. The minimum absolute atomic E-state index is 0.0694. The smallest absolute Gasteiger partial charge is 0.247 e. The van der Waals surface area contributed by atoms with Crippen LogP contribution in [0, 0.1) is 0 Å². The summed E-state index contributed by atoms with van der Waals surface area (Å²) in [6, 6.07) is 3.90. The average Bonchev–Trinajstić information content (AvgIpc) is 3.03. The molecule has 1 fully saturated rings. The number of amides is 3. The zero-order valence-corrected chi connectivity index (χ0v) is 15.4. The molecule has 0 radical (unpaired) electrons. The number of piperazine rings is 1. The van der Waals surface area contributed by atoms with Gasteiger partial charge >= 0.3 is 0 Å². The molecular weight excluding hydrogens is 340 g/mol. The topological polar surface area (TPSA) is 73.0 Å². The summed E-state index contributed by atoms with van der Waals surface area (Å²) in [5.41, 5.74) is 0. The highest BCUT2D eigenvalue weighted by Crippen LogP contribution is 2.27. The normalized spacial score (nSPS) is 15.2. The number of rotatable bonds is 8. The number of thiophene rings is 1. The number of carbonyl (C=O) groups is 3. The average molecular weight is 364 g/mol. The highest BCUT2D eigenvalue weighted by molar-refractivity contribution is 7.16. The van der Waals surface area contributed by atoms with E-state index in [4.69, 9.17) is 0 Å². The number of anilines is 1. The fourth-order valence-corrected chi connectivity index (χ4v) is 3.51. The van der Waals surface area contributed by atoms with Gasteiger partial charge in [-0.05, 0) is 32.6 Å². The molecular formula is C17H24N4O3S. The van der Waals surface area contributed by atoms with Gasteiger partial charge in [-0.3, -0.25) is 14.4 Å². The standard InChI is InChI=1S/C17H24N4O3S/c1-19(2)9-3-4-15(23)20-10-11-21(16(24)12-20)17-6-5-14(25-17)7-8-18-13-22/h3-6,13H,7-12H2,1-2H3,(H,18,22)/b4-3+. The Hall–Kier alpha value is -2.19. The van der Waals surface area contributed by atoms with E-state index in [0.29, 0.717) is 32.6 Å². The first-order valence-electron chi connectivity index (χ1n) is 8.17. The maximum absolute atomic E-state index is 12.4. The van der Waals surface area contributed by atoms with Gasteiger partial charge in [0.25, 0.3) is 0 Å². The number of nitrogens with one attached hydrogen (secondary N) is 1. The summed E-state index contributed by atoms with van der Waals surface area (Å²) in [6.07, 6.45) is 4.76. The van der Waals surface area contributed by atoms with Gasteiger partial charge in [-0.15, -0.1) is 11.3 Å². The molecule has 1 N–H and O–H groups in total. The third-order valence-corrected chi connectivity index (χ3v) is 4.94. The van der Waals surface area contributed by atoms with Crippen LogP contribution >= 0.6 is 11.3 Å². The Morgan fingerprint density at radius 1 is 1.36 bits per heavy atom. The van der Waals surface area contributed by atoms with Crippen molar-refractivity contribution in [1.29, 1.82) is 0 Å². The van der Waals surface area contributed by atoms with Crippen molar-refractivity contribution in [1.82, 2.24) is 15.1 Å². The molecule has 0 spiro atoms. The molecule has 0 bridgehead atoms. The highest BCUT2D eigenvalue weighted by atomic mass is 32.1. The summed E-state index contributed by atoms with van der Waals surface area (Å²) in [4.78, 5) is 41.2. The van der Waals surface area contributed by atoms with E-state index in [-0.39, 0.29) is 18.4 Å². The van der Waals surface area contributed by atoms with E-state index < -0.39 is 0 Å². The molecule has 0 unspecified atom stereocenters. The first-order chi connectivity index (χ1) is 12.0. The van der Waals surface area contributed by atoms with Crippen LogP contribution in [0.2, 0.25) is 0 Å². The lowest BCUT2D eigenvalue weighted by molar-refractivity contribution is -0.133. The molecule has 0 saturated carbocycles. The Morgan fingerprint density at radius 2 is 2.16 bits per heavy atom. The number of hydrogen-bond donors (Lipinski definition) is 1. The van der Waals surface area contributed by atoms with Gasteiger partial charge in [0.15, 0.2) is 0 Å². The van der Waals surface area contributed by atoms with Crippen molar-refractivity contribution in [2.45, 2.75) is 6.42 Å². The molecule has 1 saturated heterocycles. The summed E-state index contributed by atoms with van der Waals surface area (Å²) in [6.45, 7) is 2.40. The van der Waals surface area contributed by atoms with Crippen LogP contribution in [0.4, 0.5) is 5.00 Å². The van der Waals surface area contributed by atoms with Crippen LogP contribution in [-0.4, -0.2) is 74.8 Å². The van der Waals surface area contributed by atoms with E-state index in [1.54, 1.807) is 27.2 Å². The second kappa shape index (κ2) is 9.33. The Bertz CT molecular complexity index is 642. The molecule has 25 heavy (non-hydrogen) atoms. The predicted molar refractivity (Wildman–Crippen MR) is 98.7 cm³/mol. The SMILES string of the molecule is CN(C)C/C=C/C(=O)N1CCN(c2ccc(CCNC=O)s2)C(=O)C1. The highest BCUT2D eigenvalue weighted by Gasteiger charge is 2.27. The predicted octanol–water partition coefficient (Wildman–Crippen LogP) is 0.330. The molecule has 1 aromatic rings. The van der Waals surface area contributed by atoms with Crippen molar-refractivity contribution in [2.24, 2.45) is 0 Å². The third kappa shape index (κ3) is 5.68. The van der Waals surface area contributed by atoms with E-state index in [9.17, 15) is 14.4 Å². The van der Waals surface area contributed by atoms with Crippen LogP contribution in [0.25, 0.3) is 0 Å². The fourth-order valence-electron chi connectivity index (χ4n) is 2.46. The lowest BCUT2D eigenvalue weighted by Crippen LogP contribution is -2.51. The van der Waals surface area contributed by atoms with Crippen LogP contribution in [0.15, 0.2) is 24.3 Å². The minimum atomic E-state index is -0.123. The minimum Gasteiger partial charge on any atom is -0.358 e. The fraction of sp³-hybridized carbons (Fsp3) is 0.471. The summed E-state index contributed by atoms with van der Waals surface area (Å²) in [5.74, 6) is -0.193. The van der Waals surface area contributed by atoms with Gasteiger partial charge in [0.2, 0.25) is 18.2 Å². The molecule has 2 rings (SSSR count). The van der Waals surface area contributed by atoms with Gasteiger partial charge in [-0.25, -0.2) is 0 Å². The molecule has 136 valence electrons. The molecule has 7 nitrogen and oxygen atoms in total. The summed E-state index contributed by atoms with van der Waals surface area (Å²) < 4.78 is 0. The van der Waals surface area contributed by atoms with Crippen molar-refractivity contribution in [2.75, 3.05) is 51.7 Å². The molecule has 2 heterocycles. The molecule has 1 aliphatic heterocycles. The first-order valence-corrected chi connectivity index (χ1v) is 8.99. The Kier molecular flexibility index (Phi) is 7.15. The Labute approximate surface area is 151 Å². The Balaban J connectivity index is 1.89. The molecule has 0 aromatic carbocycles. The molecule has 8 heteroatoms. The van der Waals surface area contributed by atoms with Gasteiger partial charge in [0.1, 0.15) is 6.54 Å². The van der Waals surface area contributed by atoms with Gasteiger partial charge in [-0.1, -0.05) is 6.08 Å². The van der Waals surface area contributed by atoms with Crippen molar-refractivity contribution in [3.05, 3.63) is 29.2 Å². The zero-order chi connectivity index (χ0) is 18.2. The first kappa shape index (κ1) is 19.1. The number of hydrogen-bond acceptors (Lipinski definition) is 5. The van der Waals surface area contributed by atoms with Gasteiger partial charge in [-0.2, -0.15) is 0 Å². The molecule has 0 atom stereocenters. The van der Waals surface area contributed by atoms with E-state index in [1.165, 1.54) is 6.08 Å². The lowest BCUT2D eigenvalue weighted by atomic mass is 10.3. The van der Waals surface area contributed by atoms with Crippen LogP contribution in [0.5, 0.6) is 0 Å². The van der Waals surface area contributed by atoms with Gasteiger partial charge < -0.3 is 20.0 Å². The maximum atomic E-state index is 12.4. The lowest BCUT2D eigenvalue weighted by Gasteiger charge is -2.33. The van der Waals surface area contributed by atoms with Crippen LogP contribution in [0.1, 0.15) is 4.88 Å². The van der Waals surface area contributed by atoms with Gasteiger partial charge in [0.05, 0.1) is 5.00 Å². The quantitative estimate of drug-likeness (QED) is 0.410. The third-order valence-electron chi connectivity index (χ3n) is 3.78. The molecule has 0 aliphatic carbocycles. The van der Waals surface area contributed by atoms with Crippen molar-refractivity contribution in [3.63, 3.8) is 0 Å². The van der Waals surface area contributed by atoms with Crippen LogP contribution in [-0.2, 0) is 20.8 Å². The second-order valence-corrected chi connectivity index (χ2v) is 7.18. The van der Waals surface area contributed by atoms with Crippen LogP contribution in [0.3, 0.4) is 0 Å². The summed E-state index contributed by atoms with van der Waals surface area (Å²) >= 11 is 1.55.